The highest BCUT2D eigenvalue weighted by Crippen LogP contribution is 2.23. The predicted molar refractivity (Wildman–Crippen MR) is 77.6 cm³/mol. The molecule has 0 radical (unpaired) electrons. The maximum Gasteiger partial charge on any atom is 0.145 e. The Bertz CT molecular complexity index is 698. The molecule has 0 saturated heterocycles. The summed E-state index contributed by atoms with van der Waals surface area (Å²) in [5.41, 5.74) is 3.31. The minimum absolute atomic E-state index is 0.842. The Labute approximate surface area is 112 Å². The van der Waals surface area contributed by atoms with E-state index in [2.05, 4.69) is 46.5 Å². The largest absolute Gasteiger partial charge is 0.340 e. The SMILES string of the molecule is CCc1ccc(Nc2ncnc3c2ccn3C)cc1. The third-order valence-corrected chi connectivity index (χ3v) is 3.29. The van der Waals surface area contributed by atoms with Crippen LogP contribution in [0.4, 0.5) is 11.5 Å². The number of anilines is 2. The standard InChI is InChI=1S/C15H16N4/c1-3-11-4-6-12(7-5-11)18-14-13-8-9-19(2)15(13)17-10-16-14/h4-10H,3H2,1-2H3,(H,16,17,18). The average Bonchev–Trinajstić information content (AvgIpc) is 2.83. The van der Waals surface area contributed by atoms with Crippen LogP contribution in [0, 0.1) is 0 Å². The summed E-state index contributed by atoms with van der Waals surface area (Å²) in [6, 6.07) is 10.4. The lowest BCUT2D eigenvalue weighted by Crippen LogP contribution is -1.96. The van der Waals surface area contributed by atoms with Crippen LogP contribution in [0.5, 0.6) is 0 Å². The molecule has 4 heteroatoms. The van der Waals surface area contributed by atoms with Gasteiger partial charge in [0.15, 0.2) is 0 Å². The van der Waals surface area contributed by atoms with Gasteiger partial charge in [-0.15, -0.1) is 0 Å². The lowest BCUT2D eigenvalue weighted by Gasteiger charge is -2.07. The molecular weight excluding hydrogens is 236 g/mol. The molecule has 0 bridgehead atoms. The zero-order valence-electron chi connectivity index (χ0n) is 11.1. The summed E-state index contributed by atoms with van der Waals surface area (Å²) in [5.74, 6) is 0.842. The summed E-state index contributed by atoms with van der Waals surface area (Å²) in [4.78, 5) is 8.60. The van der Waals surface area contributed by atoms with Crippen molar-refractivity contribution in [2.75, 3.05) is 5.32 Å². The van der Waals surface area contributed by atoms with E-state index in [-0.39, 0.29) is 0 Å². The number of aromatic nitrogens is 3. The normalized spacial score (nSPS) is 10.8. The van der Waals surface area contributed by atoms with Crippen molar-refractivity contribution in [1.82, 2.24) is 14.5 Å². The molecule has 0 atom stereocenters. The zero-order valence-corrected chi connectivity index (χ0v) is 11.1. The van der Waals surface area contributed by atoms with E-state index in [9.17, 15) is 0 Å². The van der Waals surface area contributed by atoms with Crippen LogP contribution in [0.2, 0.25) is 0 Å². The van der Waals surface area contributed by atoms with Crippen LogP contribution in [0.1, 0.15) is 12.5 Å². The molecule has 3 aromatic rings. The number of rotatable bonds is 3. The van der Waals surface area contributed by atoms with E-state index in [1.54, 1.807) is 6.33 Å². The van der Waals surface area contributed by atoms with Crippen LogP contribution in [-0.4, -0.2) is 14.5 Å². The van der Waals surface area contributed by atoms with E-state index in [0.717, 1.165) is 29.0 Å². The molecular formula is C15H16N4. The van der Waals surface area contributed by atoms with Gasteiger partial charge in [0.2, 0.25) is 0 Å². The second-order valence-corrected chi connectivity index (χ2v) is 4.56. The molecule has 0 amide bonds. The Balaban J connectivity index is 1.96. The second-order valence-electron chi connectivity index (χ2n) is 4.56. The number of nitrogens with zero attached hydrogens (tertiary/aromatic N) is 3. The number of fused-ring (bicyclic) bond motifs is 1. The smallest absolute Gasteiger partial charge is 0.145 e. The van der Waals surface area contributed by atoms with Crippen molar-refractivity contribution in [3.05, 3.63) is 48.4 Å². The number of hydrogen-bond donors (Lipinski definition) is 1. The van der Waals surface area contributed by atoms with E-state index in [4.69, 9.17) is 0 Å². The summed E-state index contributed by atoms with van der Waals surface area (Å²) >= 11 is 0. The number of hydrogen-bond acceptors (Lipinski definition) is 3. The van der Waals surface area contributed by atoms with Gasteiger partial charge in [-0.05, 0) is 30.2 Å². The Morgan fingerprint density at radius 3 is 2.63 bits per heavy atom. The van der Waals surface area contributed by atoms with Gasteiger partial charge in [0.25, 0.3) is 0 Å². The molecule has 3 rings (SSSR count). The van der Waals surface area contributed by atoms with Gasteiger partial charge in [-0.1, -0.05) is 19.1 Å². The molecule has 2 heterocycles. The molecule has 0 saturated carbocycles. The van der Waals surface area contributed by atoms with Crippen LogP contribution in [-0.2, 0) is 13.5 Å². The van der Waals surface area contributed by atoms with Crippen LogP contribution >= 0.6 is 0 Å². The van der Waals surface area contributed by atoms with Crippen molar-refractivity contribution in [2.24, 2.45) is 7.05 Å². The first-order valence-electron chi connectivity index (χ1n) is 6.40. The number of nitrogens with one attached hydrogen (secondary N) is 1. The predicted octanol–water partition coefficient (Wildman–Crippen LogP) is 3.27. The van der Waals surface area contributed by atoms with Gasteiger partial charge in [-0.2, -0.15) is 0 Å². The van der Waals surface area contributed by atoms with Crippen molar-refractivity contribution in [2.45, 2.75) is 13.3 Å². The lowest BCUT2D eigenvalue weighted by atomic mass is 10.1. The second kappa shape index (κ2) is 4.72. The summed E-state index contributed by atoms with van der Waals surface area (Å²) in [7, 11) is 1.98. The highest BCUT2D eigenvalue weighted by atomic mass is 15.1. The Kier molecular flexibility index (Phi) is 2.91. The quantitative estimate of drug-likeness (QED) is 0.778. The first kappa shape index (κ1) is 11.7. The first-order valence-corrected chi connectivity index (χ1v) is 6.40. The summed E-state index contributed by atoms with van der Waals surface area (Å²) in [5, 5.41) is 4.38. The van der Waals surface area contributed by atoms with Crippen molar-refractivity contribution in [3.8, 4) is 0 Å². The van der Waals surface area contributed by atoms with Crippen LogP contribution in [0.25, 0.3) is 11.0 Å². The van der Waals surface area contributed by atoms with Crippen molar-refractivity contribution in [1.29, 1.82) is 0 Å². The van der Waals surface area contributed by atoms with Crippen molar-refractivity contribution in [3.63, 3.8) is 0 Å². The average molecular weight is 252 g/mol. The fourth-order valence-electron chi connectivity index (χ4n) is 2.14. The van der Waals surface area contributed by atoms with Gasteiger partial charge in [-0.25, -0.2) is 9.97 Å². The fourth-order valence-corrected chi connectivity index (χ4v) is 2.14. The van der Waals surface area contributed by atoms with E-state index in [1.807, 2.05) is 23.9 Å². The molecule has 0 aliphatic heterocycles. The summed E-state index contributed by atoms with van der Waals surface area (Å²) in [6.07, 6.45) is 4.63. The van der Waals surface area contributed by atoms with Gasteiger partial charge in [0.05, 0.1) is 5.39 Å². The molecule has 0 spiro atoms. The minimum atomic E-state index is 0.842. The maximum atomic E-state index is 4.32. The Hall–Kier alpha value is -2.36. The summed E-state index contributed by atoms with van der Waals surface area (Å²) in [6.45, 7) is 2.15. The topological polar surface area (TPSA) is 42.7 Å². The van der Waals surface area contributed by atoms with E-state index in [1.165, 1.54) is 5.56 Å². The van der Waals surface area contributed by atoms with Crippen molar-refractivity contribution < 1.29 is 0 Å². The molecule has 0 aliphatic rings. The van der Waals surface area contributed by atoms with Crippen LogP contribution in [0.3, 0.4) is 0 Å². The molecule has 1 N–H and O–H groups in total. The Morgan fingerprint density at radius 2 is 1.89 bits per heavy atom. The number of aryl methyl sites for hydroxylation is 2. The van der Waals surface area contributed by atoms with Gasteiger partial charge < -0.3 is 9.88 Å². The van der Waals surface area contributed by atoms with Crippen LogP contribution in [0.15, 0.2) is 42.9 Å². The molecule has 0 aliphatic carbocycles. The van der Waals surface area contributed by atoms with Crippen molar-refractivity contribution >= 4 is 22.5 Å². The molecule has 19 heavy (non-hydrogen) atoms. The molecule has 2 aromatic heterocycles. The van der Waals surface area contributed by atoms with Gasteiger partial charge in [-0.3, -0.25) is 0 Å². The minimum Gasteiger partial charge on any atom is -0.340 e. The maximum absolute atomic E-state index is 4.32. The van der Waals surface area contributed by atoms with E-state index < -0.39 is 0 Å². The highest BCUT2D eigenvalue weighted by molar-refractivity contribution is 5.89. The lowest BCUT2D eigenvalue weighted by molar-refractivity contribution is 0.944. The monoisotopic (exact) mass is 252 g/mol. The fraction of sp³-hybridized carbons (Fsp3) is 0.200. The Morgan fingerprint density at radius 1 is 1.11 bits per heavy atom. The first-order chi connectivity index (χ1) is 9.28. The van der Waals surface area contributed by atoms with Gasteiger partial charge >= 0.3 is 0 Å². The molecule has 0 unspecified atom stereocenters. The summed E-state index contributed by atoms with van der Waals surface area (Å²) < 4.78 is 1.99. The zero-order chi connectivity index (χ0) is 13.2. The highest BCUT2D eigenvalue weighted by Gasteiger charge is 2.06. The third-order valence-electron chi connectivity index (χ3n) is 3.29. The molecule has 96 valence electrons. The molecule has 0 fully saturated rings. The number of benzene rings is 1. The molecule has 1 aromatic carbocycles. The third kappa shape index (κ3) is 2.17. The van der Waals surface area contributed by atoms with E-state index in [0.29, 0.717) is 0 Å². The van der Waals surface area contributed by atoms with Gasteiger partial charge in [0, 0.05) is 18.9 Å². The van der Waals surface area contributed by atoms with E-state index >= 15 is 0 Å². The molecule has 4 nitrogen and oxygen atoms in total. The van der Waals surface area contributed by atoms with Crippen LogP contribution < -0.4 is 5.32 Å². The van der Waals surface area contributed by atoms with Gasteiger partial charge in [0.1, 0.15) is 17.8 Å².